The highest BCUT2D eigenvalue weighted by atomic mass is 32.1. The van der Waals surface area contributed by atoms with Gasteiger partial charge in [0, 0.05) is 22.3 Å². The lowest BCUT2D eigenvalue weighted by atomic mass is 9.95. The van der Waals surface area contributed by atoms with Crippen LogP contribution in [0.1, 0.15) is 57.3 Å². The number of thiophene rings is 1. The fourth-order valence-electron chi connectivity index (χ4n) is 5.35. The Balaban J connectivity index is 1.48. The summed E-state index contributed by atoms with van der Waals surface area (Å²) in [5.74, 6) is -0.322. The summed E-state index contributed by atoms with van der Waals surface area (Å²) >= 11 is 1.87. The van der Waals surface area contributed by atoms with Gasteiger partial charge in [0.1, 0.15) is 10.8 Å². The fraction of sp³-hybridized carbons (Fsp3) is 0.276. The number of halogens is 1. The van der Waals surface area contributed by atoms with E-state index in [2.05, 4.69) is 59.4 Å². The molecule has 35 heavy (non-hydrogen) atoms. The second-order valence-electron chi connectivity index (χ2n) is 9.63. The number of aromatic nitrogens is 1. The van der Waals surface area contributed by atoms with Crippen LogP contribution >= 0.6 is 11.3 Å². The summed E-state index contributed by atoms with van der Waals surface area (Å²) < 4.78 is 16.5. The van der Waals surface area contributed by atoms with Gasteiger partial charge in [-0.3, -0.25) is 0 Å². The number of rotatable bonds is 2. The molecule has 6 rings (SSSR count). The summed E-state index contributed by atoms with van der Waals surface area (Å²) in [6.07, 6.45) is 6.70. The molecule has 1 N–H and O–H groups in total. The summed E-state index contributed by atoms with van der Waals surface area (Å²) in [6, 6.07) is 16.9. The molecule has 6 heteroatoms. The minimum Gasteiger partial charge on any atom is -0.310 e. The lowest BCUT2D eigenvalue weighted by molar-refractivity contribution is 0.194. The number of hydrogen-bond donors (Lipinski definition) is 1. The van der Waals surface area contributed by atoms with Crippen LogP contribution in [0.5, 0.6) is 0 Å². The van der Waals surface area contributed by atoms with Crippen molar-refractivity contribution in [2.24, 2.45) is 0 Å². The predicted octanol–water partition coefficient (Wildman–Crippen LogP) is 7.31. The van der Waals surface area contributed by atoms with E-state index in [0.29, 0.717) is 17.8 Å². The van der Waals surface area contributed by atoms with Crippen LogP contribution < -0.4 is 5.32 Å². The number of hydrogen-bond acceptors (Lipinski definition) is 2. The van der Waals surface area contributed by atoms with Gasteiger partial charge in [0.15, 0.2) is 0 Å². The van der Waals surface area contributed by atoms with Gasteiger partial charge in [-0.25, -0.2) is 9.18 Å². The molecule has 0 fully saturated rings. The average Bonchev–Trinajstić information content (AvgIpc) is 3.44. The smallest absolute Gasteiger partial charge is 0.310 e. The van der Waals surface area contributed by atoms with Gasteiger partial charge >= 0.3 is 6.03 Å². The van der Waals surface area contributed by atoms with Crippen LogP contribution in [-0.4, -0.2) is 15.5 Å². The first-order chi connectivity index (χ1) is 17.0. The van der Waals surface area contributed by atoms with E-state index >= 15 is 0 Å². The number of carbonyl (C=O) groups is 1. The van der Waals surface area contributed by atoms with Crippen LogP contribution in [0.3, 0.4) is 0 Å². The predicted molar refractivity (Wildman–Crippen MR) is 139 cm³/mol. The second kappa shape index (κ2) is 8.68. The second-order valence-corrected chi connectivity index (χ2v) is 10.7. The van der Waals surface area contributed by atoms with E-state index in [1.165, 1.54) is 45.5 Å². The number of carbonyl (C=O) groups excluding carboxylic acids is 1. The minimum atomic E-state index is -0.322. The number of nitrogens with zero attached hydrogens (tertiary/aromatic N) is 2. The third kappa shape index (κ3) is 3.86. The Morgan fingerprint density at radius 2 is 1.83 bits per heavy atom. The van der Waals surface area contributed by atoms with E-state index in [1.54, 1.807) is 19.1 Å². The van der Waals surface area contributed by atoms with Crippen molar-refractivity contribution in [1.29, 1.82) is 0 Å². The number of fused-ring (bicyclic) bond motifs is 5. The highest BCUT2D eigenvalue weighted by Crippen LogP contribution is 2.44. The van der Waals surface area contributed by atoms with Gasteiger partial charge in [0.05, 0.1) is 18.3 Å². The van der Waals surface area contributed by atoms with E-state index < -0.39 is 0 Å². The molecule has 1 aliphatic carbocycles. The molecule has 0 spiro atoms. The van der Waals surface area contributed by atoms with Gasteiger partial charge in [-0.1, -0.05) is 35.9 Å². The zero-order valence-electron chi connectivity index (χ0n) is 20.0. The normalized spacial score (nSPS) is 16.8. The van der Waals surface area contributed by atoms with Crippen molar-refractivity contribution in [1.82, 2.24) is 9.47 Å². The maximum Gasteiger partial charge on any atom is 0.322 e. The molecular weight excluding hydrogens is 457 g/mol. The molecule has 0 bridgehead atoms. The molecule has 1 aliphatic heterocycles. The molecule has 4 aromatic rings. The fourth-order valence-corrected chi connectivity index (χ4v) is 6.76. The molecule has 0 radical (unpaired) electrons. The molecule has 3 heterocycles. The molecule has 1 atom stereocenters. The SMILES string of the molecule is Cc1ccc([C@H]2c3cccn3-c3sc4c(c3CN2C(=O)Nc2ccc(C)c(F)c2)CCCC4)cc1. The Labute approximate surface area is 209 Å². The number of benzene rings is 2. The maximum atomic E-state index is 14.2. The highest BCUT2D eigenvalue weighted by molar-refractivity contribution is 7.15. The Hall–Kier alpha value is -3.38. The summed E-state index contributed by atoms with van der Waals surface area (Å²) in [4.78, 5) is 17.3. The third-order valence-corrected chi connectivity index (χ3v) is 8.59. The molecule has 0 saturated carbocycles. The lowest BCUT2D eigenvalue weighted by Crippen LogP contribution is -2.38. The summed E-state index contributed by atoms with van der Waals surface area (Å²) in [6.45, 7) is 4.31. The topological polar surface area (TPSA) is 37.3 Å². The minimum absolute atomic E-state index is 0.227. The Bertz CT molecular complexity index is 1420. The first-order valence-electron chi connectivity index (χ1n) is 12.2. The Kier molecular flexibility index (Phi) is 5.49. The lowest BCUT2D eigenvalue weighted by Gasteiger charge is -2.31. The summed E-state index contributed by atoms with van der Waals surface area (Å²) in [7, 11) is 0. The molecule has 0 saturated heterocycles. The van der Waals surface area contributed by atoms with E-state index in [1.807, 2.05) is 16.2 Å². The van der Waals surface area contributed by atoms with Crippen LogP contribution in [0.15, 0.2) is 60.8 Å². The molecule has 0 unspecified atom stereocenters. The van der Waals surface area contributed by atoms with Crippen LogP contribution in [0.2, 0.25) is 0 Å². The van der Waals surface area contributed by atoms with Crippen molar-refractivity contribution in [3.8, 4) is 5.00 Å². The summed E-state index contributed by atoms with van der Waals surface area (Å²) in [5.41, 5.74) is 7.00. The molecule has 2 aromatic heterocycles. The highest BCUT2D eigenvalue weighted by Gasteiger charge is 2.36. The van der Waals surface area contributed by atoms with E-state index in [9.17, 15) is 9.18 Å². The first-order valence-corrected chi connectivity index (χ1v) is 13.0. The Morgan fingerprint density at radius 1 is 1.03 bits per heavy atom. The third-order valence-electron chi connectivity index (χ3n) is 7.26. The van der Waals surface area contributed by atoms with Gasteiger partial charge in [0.2, 0.25) is 0 Å². The van der Waals surface area contributed by atoms with E-state index in [-0.39, 0.29) is 17.9 Å². The quantitative estimate of drug-likeness (QED) is 0.318. The number of urea groups is 1. The van der Waals surface area contributed by atoms with Gasteiger partial charge in [-0.2, -0.15) is 0 Å². The van der Waals surface area contributed by atoms with Crippen LogP contribution in [0.25, 0.3) is 5.00 Å². The van der Waals surface area contributed by atoms with Crippen molar-refractivity contribution < 1.29 is 9.18 Å². The first kappa shape index (κ1) is 22.1. The van der Waals surface area contributed by atoms with Crippen LogP contribution in [-0.2, 0) is 19.4 Å². The van der Waals surface area contributed by atoms with Crippen LogP contribution in [0, 0.1) is 19.7 Å². The van der Waals surface area contributed by atoms with Crippen molar-refractivity contribution in [3.63, 3.8) is 0 Å². The van der Waals surface area contributed by atoms with Crippen molar-refractivity contribution in [2.75, 3.05) is 5.32 Å². The number of aryl methyl sites for hydroxylation is 3. The van der Waals surface area contributed by atoms with E-state index in [0.717, 1.165) is 24.1 Å². The monoisotopic (exact) mass is 485 g/mol. The largest absolute Gasteiger partial charge is 0.322 e. The van der Waals surface area contributed by atoms with Crippen LogP contribution in [0.4, 0.5) is 14.9 Å². The molecule has 2 aliphatic rings. The van der Waals surface area contributed by atoms with Gasteiger partial charge in [-0.15, -0.1) is 11.3 Å². The number of amides is 2. The number of anilines is 1. The average molecular weight is 486 g/mol. The molecule has 178 valence electrons. The van der Waals surface area contributed by atoms with Gasteiger partial charge < -0.3 is 14.8 Å². The molecule has 2 aromatic carbocycles. The van der Waals surface area contributed by atoms with Gasteiger partial charge in [-0.05, 0) is 80.5 Å². The van der Waals surface area contributed by atoms with Crippen molar-refractivity contribution in [3.05, 3.63) is 105 Å². The summed E-state index contributed by atoms with van der Waals surface area (Å²) in [5, 5.41) is 4.21. The van der Waals surface area contributed by atoms with Crippen molar-refractivity contribution in [2.45, 2.75) is 52.1 Å². The molecule has 4 nitrogen and oxygen atoms in total. The maximum absolute atomic E-state index is 14.2. The standard InChI is InChI=1S/C29H28FN3OS/c1-18-9-12-20(13-10-18)27-25-7-5-15-32(25)28-23(22-6-3-4-8-26(22)35-28)17-33(27)29(34)31-21-14-11-19(2)24(30)16-21/h5,7,9-16,27H,3-4,6,8,17H2,1-2H3,(H,31,34)/t27-/m0/s1. The Morgan fingerprint density at radius 3 is 2.63 bits per heavy atom. The van der Waals surface area contributed by atoms with E-state index in [4.69, 9.17) is 0 Å². The van der Waals surface area contributed by atoms with Gasteiger partial charge in [0.25, 0.3) is 0 Å². The van der Waals surface area contributed by atoms with Crippen molar-refractivity contribution >= 4 is 23.1 Å². The molecule has 2 amide bonds. The number of nitrogens with one attached hydrogen (secondary N) is 1. The molecular formula is C29H28FN3OS. The zero-order valence-corrected chi connectivity index (χ0v) is 20.8. The zero-order chi connectivity index (χ0) is 24.1.